The molecule has 1 aliphatic heterocycles. The van der Waals surface area contributed by atoms with Gasteiger partial charge in [-0.2, -0.15) is 0 Å². The summed E-state index contributed by atoms with van der Waals surface area (Å²) in [4.78, 5) is 26.7. The van der Waals surface area contributed by atoms with Crippen molar-refractivity contribution >= 4 is 17.3 Å². The number of anilines is 1. The second-order valence-electron chi connectivity index (χ2n) is 6.62. The molecule has 7 nitrogen and oxygen atoms in total. The molecule has 27 heavy (non-hydrogen) atoms. The quantitative estimate of drug-likeness (QED) is 0.553. The van der Waals surface area contributed by atoms with E-state index < -0.39 is 4.92 Å². The van der Waals surface area contributed by atoms with Crippen molar-refractivity contribution in [1.82, 2.24) is 4.90 Å². The average Bonchev–Trinajstić information content (AvgIpc) is 3.21. The van der Waals surface area contributed by atoms with Gasteiger partial charge in [0.15, 0.2) is 6.61 Å². The lowest BCUT2D eigenvalue weighted by Crippen LogP contribution is -2.31. The molecule has 0 bridgehead atoms. The number of ether oxygens (including phenoxy) is 1. The molecule has 1 saturated heterocycles. The van der Waals surface area contributed by atoms with Crippen LogP contribution in [-0.4, -0.2) is 42.5 Å². The summed E-state index contributed by atoms with van der Waals surface area (Å²) in [6.45, 7) is 2.42. The first-order valence-corrected chi connectivity index (χ1v) is 8.98. The number of amides is 1. The standard InChI is InChI=1S/C20H23N3O4/c1-21(14-16-7-2-3-10-19(16)22-11-4-5-12-22)20(24)15-27-18-9-6-8-17(13-18)23(25)26/h2-3,6-10,13H,4-5,11-12,14-15H2,1H3. The zero-order valence-electron chi connectivity index (χ0n) is 15.3. The van der Waals surface area contributed by atoms with Crippen LogP contribution >= 0.6 is 0 Å². The van der Waals surface area contributed by atoms with Crippen LogP contribution in [0.15, 0.2) is 48.5 Å². The van der Waals surface area contributed by atoms with Crippen molar-refractivity contribution in [1.29, 1.82) is 0 Å². The Balaban J connectivity index is 1.60. The molecule has 1 amide bonds. The normalized spacial score (nSPS) is 13.4. The highest BCUT2D eigenvalue weighted by molar-refractivity contribution is 5.77. The molecule has 0 atom stereocenters. The minimum atomic E-state index is -0.490. The Kier molecular flexibility index (Phi) is 5.90. The maximum Gasteiger partial charge on any atom is 0.273 e. The number of nitro groups is 1. The second kappa shape index (κ2) is 8.53. The Morgan fingerprint density at radius 3 is 2.67 bits per heavy atom. The minimum absolute atomic E-state index is 0.0622. The third kappa shape index (κ3) is 4.75. The minimum Gasteiger partial charge on any atom is -0.484 e. The van der Waals surface area contributed by atoms with Crippen molar-refractivity contribution in [3.05, 3.63) is 64.2 Å². The van der Waals surface area contributed by atoms with Crippen LogP contribution in [-0.2, 0) is 11.3 Å². The van der Waals surface area contributed by atoms with Crippen LogP contribution in [0.5, 0.6) is 5.75 Å². The van der Waals surface area contributed by atoms with E-state index in [9.17, 15) is 14.9 Å². The summed E-state index contributed by atoms with van der Waals surface area (Å²) >= 11 is 0. The first-order valence-electron chi connectivity index (χ1n) is 8.98. The summed E-state index contributed by atoms with van der Waals surface area (Å²) in [5.41, 5.74) is 2.22. The molecule has 3 rings (SSSR count). The van der Waals surface area contributed by atoms with Gasteiger partial charge in [-0.3, -0.25) is 14.9 Å². The highest BCUT2D eigenvalue weighted by Crippen LogP contribution is 2.25. The molecule has 0 radical (unpaired) electrons. The van der Waals surface area contributed by atoms with Gasteiger partial charge in [0, 0.05) is 38.4 Å². The van der Waals surface area contributed by atoms with Crippen molar-refractivity contribution in [2.24, 2.45) is 0 Å². The summed E-state index contributed by atoms with van der Waals surface area (Å²) in [7, 11) is 1.74. The largest absolute Gasteiger partial charge is 0.484 e. The van der Waals surface area contributed by atoms with Gasteiger partial charge in [0.05, 0.1) is 11.0 Å². The number of hydrogen-bond donors (Lipinski definition) is 0. The first kappa shape index (κ1) is 18.7. The highest BCUT2D eigenvalue weighted by Gasteiger charge is 2.18. The van der Waals surface area contributed by atoms with E-state index in [2.05, 4.69) is 11.0 Å². The van der Waals surface area contributed by atoms with Crippen molar-refractivity contribution in [3.8, 4) is 5.75 Å². The molecule has 1 aliphatic rings. The van der Waals surface area contributed by atoms with E-state index in [-0.39, 0.29) is 18.2 Å². The second-order valence-corrected chi connectivity index (χ2v) is 6.62. The molecule has 142 valence electrons. The summed E-state index contributed by atoms with van der Waals surface area (Å²) < 4.78 is 5.44. The monoisotopic (exact) mass is 369 g/mol. The van der Waals surface area contributed by atoms with Crippen LogP contribution in [0.25, 0.3) is 0 Å². The molecule has 0 N–H and O–H groups in total. The molecular weight excluding hydrogens is 346 g/mol. The zero-order chi connectivity index (χ0) is 19.2. The maximum atomic E-state index is 12.4. The fourth-order valence-electron chi connectivity index (χ4n) is 3.20. The van der Waals surface area contributed by atoms with Crippen LogP contribution in [0.1, 0.15) is 18.4 Å². The zero-order valence-corrected chi connectivity index (χ0v) is 15.3. The average molecular weight is 369 g/mol. The van der Waals surface area contributed by atoms with Crippen molar-refractivity contribution in [3.63, 3.8) is 0 Å². The fourth-order valence-corrected chi connectivity index (χ4v) is 3.20. The number of carbonyl (C=O) groups is 1. The van der Waals surface area contributed by atoms with Gasteiger partial charge in [0.1, 0.15) is 5.75 Å². The molecule has 1 fully saturated rings. The first-order chi connectivity index (χ1) is 13.0. The number of non-ortho nitro benzene ring substituents is 1. The highest BCUT2D eigenvalue weighted by atomic mass is 16.6. The number of para-hydroxylation sites is 1. The van der Waals surface area contributed by atoms with E-state index in [0.29, 0.717) is 12.3 Å². The molecule has 0 spiro atoms. The molecule has 0 aliphatic carbocycles. The third-order valence-electron chi connectivity index (χ3n) is 4.66. The number of nitro benzene ring substituents is 1. The number of rotatable bonds is 7. The predicted octanol–water partition coefficient (Wildman–Crippen LogP) is 3.23. The van der Waals surface area contributed by atoms with E-state index in [1.165, 1.54) is 36.7 Å². The summed E-state index contributed by atoms with van der Waals surface area (Å²) in [5, 5.41) is 10.8. The van der Waals surface area contributed by atoms with Crippen LogP contribution in [0.2, 0.25) is 0 Å². The predicted molar refractivity (Wildman–Crippen MR) is 103 cm³/mol. The summed E-state index contributed by atoms with van der Waals surface area (Å²) in [5.74, 6) is 0.126. The van der Waals surface area contributed by atoms with Gasteiger partial charge in [-0.25, -0.2) is 0 Å². The Morgan fingerprint density at radius 2 is 1.93 bits per heavy atom. The van der Waals surface area contributed by atoms with Gasteiger partial charge in [-0.15, -0.1) is 0 Å². The van der Waals surface area contributed by atoms with Crippen molar-refractivity contribution in [2.75, 3.05) is 31.6 Å². The lowest BCUT2D eigenvalue weighted by atomic mass is 10.1. The molecule has 0 aromatic heterocycles. The molecule has 1 heterocycles. The number of hydrogen-bond acceptors (Lipinski definition) is 5. The van der Waals surface area contributed by atoms with Gasteiger partial charge in [0.25, 0.3) is 11.6 Å². The van der Waals surface area contributed by atoms with Gasteiger partial charge >= 0.3 is 0 Å². The Labute approximate surface area is 158 Å². The van der Waals surface area contributed by atoms with E-state index in [1.54, 1.807) is 18.0 Å². The molecule has 0 saturated carbocycles. The Bertz CT molecular complexity index is 818. The Morgan fingerprint density at radius 1 is 1.19 bits per heavy atom. The van der Waals surface area contributed by atoms with E-state index in [0.717, 1.165) is 18.7 Å². The summed E-state index contributed by atoms with van der Waals surface area (Å²) in [6, 6.07) is 14.0. The maximum absolute atomic E-state index is 12.4. The van der Waals surface area contributed by atoms with Crippen LogP contribution < -0.4 is 9.64 Å². The fraction of sp³-hybridized carbons (Fsp3) is 0.350. The summed E-state index contributed by atoms with van der Waals surface area (Å²) in [6.07, 6.45) is 2.39. The number of nitrogens with zero attached hydrogens (tertiary/aromatic N) is 3. The van der Waals surface area contributed by atoms with Gasteiger partial charge in [-0.1, -0.05) is 24.3 Å². The molecular formula is C20H23N3O4. The smallest absolute Gasteiger partial charge is 0.273 e. The molecule has 2 aromatic carbocycles. The van der Waals surface area contributed by atoms with Gasteiger partial charge in [0.2, 0.25) is 0 Å². The molecule has 2 aromatic rings. The SMILES string of the molecule is CN(Cc1ccccc1N1CCCC1)C(=O)COc1cccc([N+](=O)[O-])c1. The Hall–Kier alpha value is -3.09. The third-order valence-corrected chi connectivity index (χ3v) is 4.66. The van der Waals surface area contributed by atoms with Gasteiger partial charge < -0.3 is 14.5 Å². The molecule has 0 unspecified atom stereocenters. The van der Waals surface area contributed by atoms with Crippen molar-refractivity contribution in [2.45, 2.75) is 19.4 Å². The van der Waals surface area contributed by atoms with Crippen molar-refractivity contribution < 1.29 is 14.5 Å². The number of benzene rings is 2. The number of carbonyl (C=O) groups excluding carboxylic acids is 1. The van der Waals surface area contributed by atoms with Crippen LogP contribution in [0.3, 0.4) is 0 Å². The lowest BCUT2D eigenvalue weighted by Gasteiger charge is -2.24. The topological polar surface area (TPSA) is 75.9 Å². The van der Waals surface area contributed by atoms with Gasteiger partial charge in [-0.05, 0) is 30.5 Å². The van der Waals surface area contributed by atoms with Crippen LogP contribution in [0.4, 0.5) is 11.4 Å². The lowest BCUT2D eigenvalue weighted by molar-refractivity contribution is -0.384. The molecule has 7 heteroatoms. The number of likely N-dealkylation sites (N-methyl/N-ethyl adjacent to an activating group) is 1. The van der Waals surface area contributed by atoms with E-state index in [4.69, 9.17) is 4.74 Å². The van der Waals surface area contributed by atoms with E-state index in [1.807, 2.05) is 18.2 Å². The van der Waals surface area contributed by atoms with E-state index >= 15 is 0 Å². The van der Waals surface area contributed by atoms with Crippen LogP contribution in [0, 0.1) is 10.1 Å².